The molecule has 5 nitrogen and oxygen atoms in total. The van der Waals surface area contributed by atoms with E-state index in [1.807, 2.05) is 26.0 Å². The third-order valence-electron chi connectivity index (χ3n) is 3.66. The first kappa shape index (κ1) is 18.5. The molecule has 26 heavy (non-hydrogen) atoms. The number of carbonyl (C=O) groups is 1. The number of methoxy groups -OCH3 is 1. The molecule has 0 unspecified atom stereocenters. The maximum absolute atomic E-state index is 12.3. The highest BCUT2D eigenvalue weighted by Gasteiger charge is 2.24. The summed E-state index contributed by atoms with van der Waals surface area (Å²) in [4.78, 5) is 17.2. The molecule has 2 aromatic rings. The summed E-state index contributed by atoms with van der Waals surface area (Å²) in [7, 11) is 1.48. The number of halogens is 1. The summed E-state index contributed by atoms with van der Waals surface area (Å²) in [5.41, 5.74) is 3.50. The number of nitrogens with one attached hydrogen (secondary N) is 1. The van der Waals surface area contributed by atoms with E-state index < -0.39 is 0 Å². The van der Waals surface area contributed by atoms with Gasteiger partial charge in [0.05, 0.1) is 17.7 Å². The lowest BCUT2D eigenvalue weighted by Gasteiger charge is -2.07. The lowest BCUT2D eigenvalue weighted by atomic mass is 10.1. The summed E-state index contributed by atoms with van der Waals surface area (Å²) in [5.74, 6) is 0.0616. The molecule has 0 bridgehead atoms. The van der Waals surface area contributed by atoms with Gasteiger partial charge in [-0.15, -0.1) is 0 Å². The van der Waals surface area contributed by atoms with Crippen LogP contribution in [0.2, 0.25) is 0 Å². The van der Waals surface area contributed by atoms with Crippen molar-refractivity contribution >= 4 is 50.5 Å². The second-order valence-electron chi connectivity index (χ2n) is 5.87. The molecule has 1 saturated heterocycles. The zero-order valence-corrected chi connectivity index (χ0v) is 16.9. The maximum atomic E-state index is 12.3. The van der Waals surface area contributed by atoms with Gasteiger partial charge >= 0.3 is 0 Å². The Morgan fingerprint density at radius 2 is 1.88 bits per heavy atom. The molecule has 1 amide bonds. The molecule has 0 aliphatic carbocycles. The number of ether oxygens (including phenoxy) is 1. The first-order chi connectivity index (χ1) is 12.4. The van der Waals surface area contributed by atoms with Crippen LogP contribution in [0.15, 0.2) is 44.7 Å². The van der Waals surface area contributed by atoms with E-state index in [-0.39, 0.29) is 11.7 Å². The van der Waals surface area contributed by atoms with Crippen LogP contribution in [0.3, 0.4) is 0 Å². The van der Waals surface area contributed by atoms with Crippen molar-refractivity contribution in [1.82, 2.24) is 5.32 Å². The fourth-order valence-corrected chi connectivity index (χ4v) is 3.90. The second-order valence-corrected chi connectivity index (χ2v) is 7.82. The molecule has 1 fully saturated rings. The lowest BCUT2D eigenvalue weighted by Crippen LogP contribution is -2.19. The molecular formula is C19H17BrN2O3S. The molecule has 0 saturated carbocycles. The highest BCUT2D eigenvalue weighted by Crippen LogP contribution is 2.37. The van der Waals surface area contributed by atoms with E-state index in [1.165, 1.54) is 18.9 Å². The number of amides is 1. The number of aromatic hydroxyl groups is 1. The van der Waals surface area contributed by atoms with Gasteiger partial charge in [0.15, 0.2) is 16.7 Å². The van der Waals surface area contributed by atoms with Crippen LogP contribution in [0.5, 0.6) is 11.5 Å². The molecule has 1 heterocycles. The Balaban J connectivity index is 1.92. The molecule has 7 heteroatoms. The van der Waals surface area contributed by atoms with Crippen LogP contribution >= 0.6 is 27.7 Å². The summed E-state index contributed by atoms with van der Waals surface area (Å²) in [6.45, 7) is 4.01. The van der Waals surface area contributed by atoms with Crippen molar-refractivity contribution in [3.8, 4) is 11.5 Å². The van der Waals surface area contributed by atoms with Crippen LogP contribution < -0.4 is 10.1 Å². The SMILES string of the molecule is COc1cc(Br)cc(/C=C2\SC(=Nc3cc(C)cc(C)c3)NC2=O)c1O. The van der Waals surface area contributed by atoms with Crippen molar-refractivity contribution < 1.29 is 14.6 Å². The number of amidine groups is 1. The summed E-state index contributed by atoms with van der Waals surface area (Å²) in [6, 6.07) is 9.36. The number of nitrogens with zero attached hydrogens (tertiary/aromatic N) is 1. The molecule has 0 spiro atoms. The minimum absolute atomic E-state index is 0.0173. The van der Waals surface area contributed by atoms with E-state index in [4.69, 9.17) is 4.74 Å². The fraction of sp³-hybridized carbons (Fsp3) is 0.158. The highest BCUT2D eigenvalue weighted by molar-refractivity contribution is 9.10. The Bertz CT molecular complexity index is 934. The third kappa shape index (κ3) is 4.11. The standard InChI is InChI=1S/C19H17BrN2O3S/c1-10-4-11(2)6-14(5-10)21-19-22-18(24)16(26-19)8-12-7-13(20)9-15(25-3)17(12)23/h4-9,23H,1-3H3,(H,21,22,24)/b16-8-. The van der Waals surface area contributed by atoms with E-state index in [0.29, 0.717) is 21.4 Å². The van der Waals surface area contributed by atoms with Gasteiger partial charge in [0, 0.05) is 10.0 Å². The fourth-order valence-electron chi connectivity index (χ4n) is 2.61. The number of phenolic OH excluding ortho intramolecular Hbond substituents is 1. The van der Waals surface area contributed by atoms with Gasteiger partial charge in [0.2, 0.25) is 0 Å². The van der Waals surface area contributed by atoms with Crippen molar-refractivity contribution in [2.45, 2.75) is 13.8 Å². The van der Waals surface area contributed by atoms with Gasteiger partial charge < -0.3 is 15.2 Å². The Hall–Kier alpha value is -2.25. The van der Waals surface area contributed by atoms with Gasteiger partial charge in [0.1, 0.15) is 0 Å². The molecule has 134 valence electrons. The lowest BCUT2D eigenvalue weighted by molar-refractivity contribution is -0.115. The van der Waals surface area contributed by atoms with Gasteiger partial charge in [-0.3, -0.25) is 4.79 Å². The summed E-state index contributed by atoms with van der Waals surface area (Å²) in [6.07, 6.45) is 1.62. The van der Waals surface area contributed by atoms with Crippen LogP contribution in [-0.4, -0.2) is 23.3 Å². The third-order valence-corrected chi connectivity index (χ3v) is 5.03. The number of hydrogen-bond acceptors (Lipinski definition) is 5. The first-order valence-electron chi connectivity index (χ1n) is 7.80. The van der Waals surface area contributed by atoms with Gasteiger partial charge in [-0.1, -0.05) is 22.0 Å². The molecule has 1 aliphatic heterocycles. The normalized spacial score (nSPS) is 17.0. The molecule has 2 N–H and O–H groups in total. The number of thioether (sulfide) groups is 1. The second kappa shape index (κ2) is 7.55. The highest BCUT2D eigenvalue weighted by atomic mass is 79.9. The molecule has 1 aliphatic rings. The van der Waals surface area contributed by atoms with E-state index in [2.05, 4.69) is 32.3 Å². The van der Waals surface area contributed by atoms with Gasteiger partial charge in [-0.2, -0.15) is 0 Å². The van der Waals surface area contributed by atoms with Crippen LogP contribution in [-0.2, 0) is 4.79 Å². The average molecular weight is 433 g/mol. The van der Waals surface area contributed by atoms with Gasteiger partial charge in [-0.25, -0.2) is 4.99 Å². The smallest absolute Gasteiger partial charge is 0.264 e. The predicted octanol–water partition coefficient (Wildman–Crippen LogP) is 4.67. The van der Waals surface area contributed by atoms with E-state index >= 15 is 0 Å². The van der Waals surface area contributed by atoms with Crippen molar-refractivity contribution in [2.24, 2.45) is 4.99 Å². The number of aryl methyl sites for hydroxylation is 2. The number of benzene rings is 2. The van der Waals surface area contributed by atoms with Gasteiger partial charge in [0.25, 0.3) is 5.91 Å². The van der Waals surface area contributed by atoms with Crippen molar-refractivity contribution in [3.63, 3.8) is 0 Å². The maximum Gasteiger partial charge on any atom is 0.264 e. The summed E-state index contributed by atoms with van der Waals surface area (Å²) < 4.78 is 5.88. The Morgan fingerprint density at radius 1 is 1.19 bits per heavy atom. The minimum Gasteiger partial charge on any atom is -0.504 e. The van der Waals surface area contributed by atoms with E-state index in [9.17, 15) is 9.90 Å². The first-order valence-corrected chi connectivity index (χ1v) is 9.41. The number of hydrogen-bond donors (Lipinski definition) is 2. The van der Waals surface area contributed by atoms with Crippen LogP contribution in [0.1, 0.15) is 16.7 Å². The number of rotatable bonds is 3. The van der Waals surface area contributed by atoms with E-state index in [0.717, 1.165) is 21.3 Å². The van der Waals surface area contributed by atoms with Crippen LogP contribution in [0, 0.1) is 13.8 Å². The van der Waals surface area contributed by atoms with E-state index in [1.54, 1.807) is 18.2 Å². The van der Waals surface area contributed by atoms with Crippen molar-refractivity contribution in [2.75, 3.05) is 7.11 Å². The Kier molecular flexibility index (Phi) is 5.38. The van der Waals surface area contributed by atoms with Crippen LogP contribution in [0.4, 0.5) is 5.69 Å². The number of carbonyl (C=O) groups excluding carboxylic acids is 1. The molecule has 0 atom stereocenters. The Labute approximate surface area is 164 Å². The van der Waals surface area contributed by atoms with Crippen molar-refractivity contribution in [3.05, 3.63) is 56.4 Å². The molecule has 0 radical (unpaired) electrons. The summed E-state index contributed by atoms with van der Waals surface area (Å²) >= 11 is 4.60. The predicted molar refractivity (Wildman–Crippen MR) is 109 cm³/mol. The molecule has 3 rings (SSSR count). The topological polar surface area (TPSA) is 70.9 Å². The molecule has 2 aromatic carbocycles. The number of aliphatic imine (C=N–C) groups is 1. The van der Waals surface area contributed by atoms with Gasteiger partial charge in [-0.05, 0) is 67.1 Å². The van der Waals surface area contributed by atoms with Crippen LogP contribution in [0.25, 0.3) is 6.08 Å². The van der Waals surface area contributed by atoms with Crippen molar-refractivity contribution in [1.29, 1.82) is 0 Å². The Morgan fingerprint density at radius 3 is 2.54 bits per heavy atom. The zero-order valence-electron chi connectivity index (χ0n) is 14.5. The quantitative estimate of drug-likeness (QED) is 0.691. The zero-order chi connectivity index (χ0) is 18.8. The monoisotopic (exact) mass is 432 g/mol. The molecule has 0 aromatic heterocycles. The summed E-state index contributed by atoms with van der Waals surface area (Å²) in [5, 5.41) is 13.5. The average Bonchev–Trinajstić information content (AvgIpc) is 2.88. The minimum atomic E-state index is -0.253. The number of phenols is 1. The largest absolute Gasteiger partial charge is 0.504 e. The molecular weight excluding hydrogens is 416 g/mol.